The smallest absolute Gasteiger partial charge is 0.195 e. The Morgan fingerprint density at radius 3 is 2.55 bits per heavy atom. The van der Waals surface area contributed by atoms with Crippen LogP contribution in [-0.2, 0) is 20.5 Å². The molecule has 0 saturated heterocycles. The van der Waals surface area contributed by atoms with Gasteiger partial charge in [0.2, 0.25) is 0 Å². The Morgan fingerprint density at radius 1 is 1.23 bits per heavy atom. The molecule has 0 amide bonds. The Hall–Kier alpha value is -2.62. The first-order valence-corrected chi connectivity index (χ1v) is 7.33. The summed E-state index contributed by atoms with van der Waals surface area (Å²) in [7, 11) is 3.95. The molecule has 1 N–H and O–H groups in total. The molecule has 1 aromatic carbocycles. The van der Waals surface area contributed by atoms with Gasteiger partial charge in [0.25, 0.3) is 0 Å². The van der Waals surface area contributed by atoms with Gasteiger partial charge < -0.3 is 9.67 Å². The first-order chi connectivity index (χ1) is 10.5. The summed E-state index contributed by atoms with van der Waals surface area (Å²) in [6.45, 7) is 2.06. The topological polar surface area (TPSA) is 46.1 Å². The lowest BCUT2D eigenvalue weighted by Gasteiger charge is -2.05. The largest absolute Gasteiger partial charge is 0.508 e. The molecule has 0 spiro atoms. The van der Waals surface area contributed by atoms with Crippen molar-refractivity contribution in [2.45, 2.75) is 13.3 Å². The Morgan fingerprint density at radius 2 is 1.91 bits per heavy atom. The molecule has 0 unspecified atom stereocenters. The zero-order valence-electron chi connectivity index (χ0n) is 13.0. The first kappa shape index (κ1) is 14.3. The van der Waals surface area contributed by atoms with E-state index in [0.717, 1.165) is 28.6 Å². The van der Waals surface area contributed by atoms with Crippen molar-refractivity contribution in [2.24, 2.45) is 14.1 Å². The number of hydrogen-bond acceptors (Lipinski definition) is 2. The molecule has 0 radical (unpaired) electrons. The minimum atomic E-state index is -0.00588. The van der Waals surface area contributed by atoms with Crippen LogP contribution in [-0.4, -0.2) is 15.5 Å². The average Bonchev–Trinajstić information content (AvgIpc) is 2.79. The predicted octanol–water partition coefficient (Wildman–Crippen LogP) is 2.50. The fraction of sp³-hybridized carbons (Fsp3) is 0.222. The van der Waals surface area contributed by atoms with Crippen LogP contribution in [0.5, 0.6) is 5.75 Å². The van der Waals surface area contributed by atoms with Gasteiger partial charge in [0.1, 0.15) is 12.8 Å². The molecule has 2 aromatic heterocycles. The van der Waals surface area contributed by atoms with Gasteiger partial charge in [0.05, 0.1) is 16.5 Å². The Kier molecular flexibility index (Phi) is 3.45. The van der Waals surface area contributed by atoms with Gasteiger partial charge in [-0.15, -0.1) is 0 Å². The number of nitrogens with zero attached hydrogens (tertiary/aromatic N) is 2. The fourth-order valence-electron chi connectivity index (χ4n) is 2.97. The van der Waals surface area contributed by atoms with Crippen LogP contribution >= 0.6 is 0 Å². The average molecular weight is 295 g/mol. The number of aromatic nitrogens is 2. The van der Waals surface area contributed by atoms with Crippen LogP contribution in [0.3, 0.4) is 0 Å². The summed E-state index contributed by atoms with van der Waals surface area (Å²) >= 11 is 0. The lowest BCUT2D eigenvalue weighted by atomic mass is 10.00. The number of aromatic hydroxyl groups is 1. The number of benzene rings is 1. The second-order valence-corrected chi connectivity index (χ2v) is 5.52. The summed E-state index contributed by atoms with van der Waals surface area (Å²) in [5.74, 6) is 0.158. The lowest BCUT2D eigenvalue weighted by molar-refractivity contribution is -0.670. The van der Waals surface area contributed by atoms with E-state index in [9.17, 15) is 9.90 Å². The number of aryl methyl sites for hydroxylation is 2. The SMILES string of the molecule is CCc1c(C(=O)c2ccc(O)cc2)c2c[n+](C)ccc2n1C. The number of carbonyl (C=O) groups excluding carboxylic acids is 1. The van der Waals surface area contributed by atoms with Crippen LogP contribution in [0, 0.1) is 0 Å². The summed E-state index contributed by atoms with van der Waals surface area (Å²) < 4.78 is 4.04. The lowest BCUT2D eigenvalue weighted by Crippen LogP contribution is -2.26. The summed E-state index contributed by atoms with van der Waals surface area (Å²) in [4.78, 5) is 13.0. The number of ketones is 1. The van der Waals surface area contributed by atoms with E-state index >= 15 is 0 Å². The monoisotopic (exact) mass is 295 g/mol. The zero-order valence-corrected chi connectivity index (χ0v) is 13.0. The third-order valence-electron chi connectivity index (χ3n) is 4.09. The number of hydrogen-bond donors (Lipinski definition) is 1. The summed E-state index contributed by atoms with van der Waals surface area (Å²) in [5, 5.41) is 10.4. The summed E-state index contributed by atoms with van der Waals surface area (Å²) in [6.07, 6.45) is 4.76. The second kappa shape index (κ2) is 5.30. The zero-order chi connectivity index (χ0) is 15.9. The minimum absolute atomic E-state index is 0.00588. The van der Waals surface area contributed by atoms with Crippen molar-refractivity contribution in [1.29, 1.82) is 0 Å². The van der Waals surface area contributed by atoms with Gasteiger partial charge >= 0.3 is 0 Å². The number of phenols is 1. The van der Waals surface area contributed by atoms with Crippen LogP contribution < -0.4 is 4.57 Å². The number of rotatable bonds is 3. The van der Waals surface area contributed by atoms with E-state index in [4.69, 9.17) is 0 Å². The van der Waals surface area contributed by atoms with E-state index in [2.05, 4.69) is 11.5 Å². The van der Waals surface area contributed by atoms with Crippen molar-refractivity contribution >= 4 is 16.7 Å². The molecular weight excluding hydrogens is 276 g/mol. The molecule has 4 nitrogen and oxygen atoms in total. The minimum Gasteiger partial charge on any atom is -0.508 e. The van der Waals surface area contributed by atoms with E-state index in [-0.39, 0.29) is 11.5 Å². The molecule has 22 heavy (non-hydrogen) atoms. The van der Waals surface area contributed by atoms with Gasteiger partial charge in [0.15, 0.2) is 18.2 Å². The van der Waals surface area contributed by atoms with Gasteiger partial charge in [-0.2, -0.15) is 0 Å². The van der Waals surface area contributed by atoms with E-state index in [0.29, 0.717) is 5.56 Å². The molecule has 2 heterocycles. The Bertz CT molecular complexity index is 861. The Labute approximate surface area is 129 Å². The van der Waals surface area contributed by atoms with Gasteiger partial charge in [-0.05, 0) is 30.7 Å². The molecule has 0 aliphatic carbocycles. The van der Waals surface area contributed by atoms with Gasteiger partial charge in [0, 0.05) is 24.4 Å². The van der Waals surface area contributed by atoms with Crippen LogP contribution in [0.1, 0.15) is 28.5 Å². The quantitative estimate of drug-likeness (QED) is 0.596. The number of carbonyl (C=O) groups is 1. The number of pyridine rings is 1. The molecule has 0 saturated carbocycles. The van der Waals surface area contributed by atoms with Crippen molar-refractivity contribution in [2.75, 3.05) is 0 Å². The van der Waals surface area contributed by atoms with E-state index in [1.165, 1.54) is 0 Å². The van der Waals surface area contributed by atoms with Crippen LogP contribution in [0.4, 0.5) is 0 Å². The van der Waals surface area contributed by atoms with Gasteiger partial charge in [-0.25, -0.2) is 4.57 Å². The predicted molar refractivity (Wildman–Crippen MR) is 85.0 cm³/mol. The molecule has 112 valence electrons. The molecule has 0 atom stereocenters. The van der Waals surface area contributed by atoms with E-state index in [1.807, 2.05) is 37.1 Å². The normalized spacial score (nSPS) is 11.0. The molecule has 0 aliphatic heterocycles. The molecule has 3 aromatic rings. The van der Waals surface area contributed by atoms with Gasteiger partial charge in [-0.3, -0.25) is 4.79 Å². The maximum atomic E-state index is 13.0. The third-order valence-corrected chi connectivity index (χ3v) is 4.09. The number of phenolic OH excluding ortho intramolecular Hbond substituents is 1. The summed E-state index contributed by atoms with van der Waals surface area (Å²) in [5.41, 5.74) is 3.42. The highest BCUT2D eigenvalue weighted by Crippen LogP contribution is 2.27. The maximum absolute atomic E-state index is 13.0. The molecule has 0 bridgehead atoms. The molecule has 0 fully saturated rings. The first-order valence-electron chi connectivity index (χ1n) is 7.33. The Balaban J connectivity index is 2.26. The van der Waals surface area contributed by atoms with Crippen LogP contribution in [0.2, 0.25) is 0 Å². The second-order valence-electron chi connectivity index (χ2n) is 5.52. The summed E-state index contributed by atoms with van der Waals surface area (Å²) in [6, 6.07) is 8.45. The van der Waals surface area contributed by atoms with Crippen molar-refractivity contribution in [3.63, 3.8) is 0 Å². The third kappa shape index (κ3) is 2.17. The van der Waals surface area contributed by atoms with Gasteiger partial charge in [-0.1, -0.05) is 6.92 Å². The van der Waals surface area contributed by atoms with Crippen LogP contribution in [0.15, 0.2) is 42.7 Å². The highest BCUT2D eigenvalue weighted by molar-refractivity contribution is 6.17. The standard InChI is InChI=1S/C18H18N2O2/c1-4-15-17(18(22)12-5-7-13(21)8-6-12)14-11-19(2)10-9-16(14)20(15)3/h5-11H,4H2,1-3H3/p+1. The van der Waals surface area contributed by atoms with Crippen molar-refractivity contribution in [3.8, 4) is 5.75 Å². The highest BCUT2D eigenvalue weighted by Gasteiger charge is 2.23. The van der Waals surface area contributed by atoms with Crippen molar-refractivity contribution in [1.82, 2.24) is 4.57 Å². The molecule has 4 heteroatoms. The molecule has 0 aliphatic rings. The number of fused-ring (bicyclic) bond motifs is 1. The highest BCUT2D eigenvalue weighted by atomic mass is 16.3. The van der Waals surface area contributed by atoms with Crippen molar-refractivity contribution in [3.05, 3.63) is 59.5 Å². The molecule has 3 rings (SSSR count). The maximum Gasteiger partial charge on any atom is 0.195 e. The van der Waals surface area contributed by atoms with E-state index in [1.54, 1.807) is 24.3 Å². The molecular formula is C18H19N2O2+. The van der Waals surface area contributed by atoms with Crippen LogP contribution in [0.25, 0.3) is 10.9 Å². The van der Waals surface area contributed by atoms with Crippen molar-refractivity contribution < 1.29 is 14.5 Å². The fourth-order valence-corrected chi connectivity index (χ4v) is 2.97. The van der Waals surface area contributed by atoms with E-state index < -0.39 is 0 Å².